The molecule has 19 heavy (non-hydrogen) atoms. The molecule has 1 atom stereocenters. The van der Waals surface area contributed by atoms with Gasteiger partial charge < -0.3 is 10.4 Å². The van der Waals surface area contributed by atoms with Crippen LogP contribution in [0.3, 0.4) is 0 Å². The molecule has 0 amide bonds. The highest BCUT2D eigenvalue weighted by atomic mass is 16.3. The van der Waals surface area contributed by atoms with Crippen molar-refractivity contribution in [2.24, 2.45) is 0 Å². The molecule has 0 aliphatic rings. The molecule has 1 aromatic heterocycles. The number of nitrogens with one attached hydrogen (secondary N) is 2. The number of aliphatic hydroxyl groups excluding tert-OH is 1. The summed E-state index contributed by atoms with van der Waals surface area (Å²) in [7, 11) is 0. The molecule has 7 heteroatoms. The summed E-state index contributed by atoms with van der Waals surface area (Å²) in [5, 5.41) is 34.6. The van der Waals surface area contributed by atoms with E-state index >= 15 is 0 Å². The van der Waals surface area contributed by atoms with Crippen LogP contribution >= 0.6 is 0 Å². The number of tetrazole rings is 1. The molecule has 7 nitrogen and oxygen atoms in total. The molecule has 2 rings (SSSR count). The van der Waals surface area contributed by atoms with Gasteiger partial charge in [0.05, 0.1) is 6.10 Å². The van der Waals surface area contributed by atoms with Crippen molar-refractivity contribution in [2.45, 2.75) is 13.0 Å². The summed E-state index contributed by atoms with van der Waals surface area (Å²) in [4.78, 5) is 0. The van der Waals surface area contributed by atoms with E-state index < -0.39 is 6.10 Å². The van der Waals surface area contributed by atoms with Gasteiger partial charge in [-0.1, -0.05) is 12.1 Å². The van der Waals surface area contributed by atoms with Gasteiger partial charge in [0.2, 0.25) is 5.82 Å². The van der Waals surface area contributed by atoms with Crippen LogP contribution in [0.25, 0.3) is 5.57 Å². The summed E-state index contributed by atoms with van der Waals surface area (Å²) in [5.41, 5.74) is 1.81. The van der Waals surface area contributed by atoms with Crippen LogP contribution in [0.2, 0.25) is 0 Å². The maximum Gasteiger partial charge on any atom is 0.216 e. The highest BCUT2D eigenvalue weighted by Gasteiger charge is 2.05. The molecule has 0 fully saturated rings. The van der Waals surface area contributed by atoms with Crippen molar-refractivity contribution in [1.82, 2.24) is 20.6 Å². The lowest BCUT2D eigenvalue weighted by Crippen LogP contribution is -1.95. The average molecular weight is 256 g/mol. The van der Waals surface area contributed by atoms with Gasteiger partial charge >= 0.3 is 0 Å². The molecule has 2 aromatic rings. The van der Waals surface area contributed by atoms with Gasteiger partial charge in [0, 0.05) is 11.9 Å². The van der Waals surface area contributed by atoms with Crippen LogP contribution in [0, 0.1) is 11.3 Å². The van der Waals surface area contributed by atoms with E-state index in [0.29, 0.717) is 0 Å². The molecule has 96 valence electrons. The molecule has 0 bridgehead atoms. The topological polar surface area (TPSA) is 111 Å². The first-order chi connectivity index (χ1) is 9.20. The lowest BCUT2D eigenvalue weighted by atomic mass is 10.1. The van der Waals surface area contributed by atoms with E-state index in [1.165, 1.54) is 6.20 Å². The van der Waals surface area contributed by atoms with Crippen molar-refractivity contribution >= 4 is 11.3 Å². The van der Waals surface area contributed by atoms with Crippen LogP contribution in [0.15, 0.2) is 30.5 Å². The Labute approximate surface area is 109 Å². The number of benzene rings is 1. The minimum Gasteiger partial charge on any atom is -0.389 e. The van der Waals surface area contributed by atoms with E-state index in [1.54, 1.807) is 13.0 Å². The first-order valence-electron chi connectivity index (χ1n) is 5.59. The van der Waals surface area contributed by atoms with Crippen molar-refractivity contribution in [3.8, 4) is 6.07 Å². The average Bonchev–Trinajstić information content (AvgIpc) is 2.94. The minimum absolute atomic E-state index is 0.224. The fourth-order valence-corrected chi connectivity index (χ4v) is 1.47. The highest BCUT2D eigenvalue weighted by molar-refractivity contribution is 5.74. The Morgan fingerprint density at radius 3 is 3.05 bits per heavy atom. The number of nitrogens with zero attached hydrogens (tertiary/aromatic N) is 4. The summed E-state index contributed by atoms with van der Waals surface area (Å²) in [5.74, 6) is 0.224. The van der Waals surface area contributed by atoms with Crippen LogP contribution in [-0.2, 0) is 0 Å². The Kier molecular flexibility index (Phi) is 3.85. The highest BCUT2D eigenvalue weighted by Crippen LogP contribution is 2.17. The number of allylic oxidation sites excluding steroid dienone is 1. The molecule has 3 N–H and O–H groups in total. The molecule has 0 aliphatic heterocycles. The zero-order chi connectivity index (χ0) is 13.7. The zero-order valence-corrected chi connectivity index (χ0v) is 10.2. The number of anilines is 1. The number of H-pyrrole nitrogens is 1. The van der Waals surface area contributed by atoms with Gasteiger partial charge in [-0.25, -0.2) is 0 Å². The number of aliphatic hydroxyl groups is 1. The van der Waals surface area contributed by atoms with Gasteiger partial charge in [0.25, 0.3) is 0 Å². The predicted molar refractivity (Wildman–Crippen MR) is 68.5 cm³/mol. The third kappa shape index (κ3) is 3.14. The number of aromatic amines is 1. The van der Waals surface area contributed by atoms with Gasteiger partial charge in [-0.05, 0) is 29.8 Å². The van der Waals surface area contributed by atoms with Crippen molar-refractivity contribution in [2.75, 3.05) is 5.32 Å². The fraction of sp³-hybridized carbons (Fsp3) is 0.167. The summed E-state index contributed by atoms with van der Waals surface area (Å²) >= 11 is 0. The second-order valence-corrected chi connectivity index (χ2v) is 3.85. The Hall–Kier alpha value is -2.72. The Morgan fingerprint density at radius 1 is 1.58 bits per heavy atom. The van der Waals surface area contributed by atoms with Gasteiger partial charge in [0.1, 0.15) is 11.6 Å². The molecule has 0 radical (unpaired) electrons. The molecule has 1 heterocycles. The third-order valence-corrected chi connectivity index (χ3v) is 2.46. The van der Waals surface area contributed by atoms with Crippen molar-refractivity contribution < 1.29 is 5.11 Å². The van der Waals surface area contributed by atoms with E-state index in [2.05, 4.69) is 25.9 Å². The first kappa shape index (κ1) is 12.7. The van der Waals surface area contributed by atoms with E-state index in [-0.39, 0.29) is 11.4 Å². The minimum atomic E-state index is -0.543. The standard InChI is InChI=1S/C12H12N6O/c1-8(19)9-3-2-4-11(5-9)14-7-10(6-13)12-15-17-18-16-12/h2-5,7-8,14,19H,1H3,(H,15,16,17,18). The number of rotatable bonds is 4. The van der Waals surface area contributed by atoms with Crippen LogP contribution < -0.4 is 5.32 Å². The van der Waals surface area contributed by atoms with Gasteiger partial charge in [0.15, 0.2) is 0 Å². The number of aromatic nitrogens is 4. The summed E-state index contributed by atoms with van der Waals surface area (Å²) in [6.07, 6.45) is 0.949. The SMILES string of the molecule is CC(O)c1cccc(NC=C(C#N)c2nn[nH]n2)c1. The third-order valence-electron chi connectivity index (χ3n) is 2.46. The summed E-state index contributed by atoms with van der Waals surface area (Å²) in [6, 6.07) is 9.24. The Morgan fingerprint density at radius 2 is 2.42 bits per heavy atom. The molecular formula is C12H12N6O. The summed E-state index contributed by atoms with van der Waals surface area (Å²) < 4.78 is 0. The molecule has 1 unspecified atom stereocenters. The largest absolute Gasteiger partial charge is 0.389 e. The van der Waals surface area contributed by atoms with Crippen LogP contribution in [0.5, 0.6) is 0 Å². The normalized spacial score (nSPS) is 12.8. The maximum absolute atomic E-state index is 9.49. The number of hydrogen-bond acceptors (Lipinski definition) is 6. The van der Waals surface area contributed by atoms with Crippen molar-refractivity contribution in [3.05, 3.63) is 41.9 Å². The van der Waals surface area contributed by atoms with E-state index in [9.17, 15) is 5.11 Å². The number of nitriles is 1. The second kappa shape index (κ2) is 5.75. The maximum atomic E-state index is 9.49. The zero-order valence-electron chi connectivity index (χ0n) is 10.2. The molecule has 1 aromatic carbocycles. The predicted octanol–water partition coefficient (Wildman–Crippen LogP) is 1.23. The van der Waals surface area contributed by atoms with Crippen LogP contribution in [0.4, 0.5) is 5.69 Å². The molecule has 0 spiro atoms. The van der Waals surface area contributed by atoms with Crippen LogP contribution in [0.1, 0.15) is 24.4 Å². The second-order valence-electron chi connectivity index (χ2n) is 3.85. The quantitative estimate of drug-likeness (QED) is 0.709. The first-order valence-corrected chi connectivity index (χ1v) is 5.59. The van der Waals surface area contributed by atoms with E-state index in [0.717, 1.165) is 11.3 Å². The van der Waals surface area contributed by atoms with E-state index in [1.807, 2.05) is 24.3 Å². The lowest BCUT2D eigenvalue weighted by molar-refractivity contribution is 0.199. The van der Waals surface area contributed by atoms with Gasteiger partial charge in [-0.2, -0.15) is 10.5 Å². The molecule has 0 aliphatic carbocycles. The Balaban J connectivity index is 2.17. The van der Waals surface area contributed by atoms with Gasteiger partial charge in [-0.15, -0.1) is 10.2 Å². The van der Waals surface area contributed by atoms with Crippen LogP contribution in [-0.4, -0.2) is 25.7 Å². The monoisotopic (exact) mass is 256 g/mol. The van der Waals surface area contributed by atoms with Crippen molar-refractivity contribution in [1.29, 1.82) is 5.26 Å². The fourth-order valence-electron chi connectivity index (χ4n) is 1.47. The van der Waals surface area contributed by atoms with Crippen molar-refractivity contribution in [3.63, 3.8) is 0 Å². The summed E-state index contributed by atoms with van der Waals surface area (Å²) in [6.45, 7) is 1.69. The molecular weight excluding hydrogens is 244 g/mol. The van der Waals surface area contributed by atoms with E-state index in [4.69, 9.17) is 5.26 Å². The number of hydrogen-bond donors (Lipinski definition) is 3. The van der Waals surface area contributed by atoms with Gasteiger partial charge in [-0.3, -0.25) is 0 Å². The molecule has 0 saturated carbocycles. The lowest BCUT2D eigenvalue weighted by Gasteiger charge is -2.07. The molecule has 0 saturated heterocycles. The Bertz CT molecular complexity index is 611. The smallest absolute Gasteiger partial charge is 0.216 e.